The minimum absolute atomic E-state index is 0.0627. The van der Waals surface area contributed by atoms with Crippen molar-refractivity contribution < 1.29 is 18.8 Å². The number of likely N-dealkylation sites (tertiary alicyclic amines) is 2. The Morgan fingerprint density at radius 1 is 1.26 bits per heavy atom. The SMILES string of the molecule is CN1CCC[C@@H]2[C@H]1[C@@H](c1ccc(F)cc1)CN2C(=O)CN1CC(=O)NC1=O. The lowest BCUT2D eigenvalue weighted by molar-refractivity contribution is -0.133. The van der Waals surface area contributed by atoms with Gasteiger partial charge in [0.05, 0.1) is 0 Å². The fraction of sp³-hybridized carbons (Fsp3) is 0.526. The molecule has 3 aliphatic heterocycles. The Kier molecular flexibility index (Phi) is 4.59. The summed E-state index contributed by atoms with van der Waals surface area (Å²) < 4.78 is 13.3. The summed E-state index contributed by atoms with van der Waals surface area (Å²) in [6.45, 7) is 1.33. The third-order valence-corrected chi connectivity index (χ3v) is 5.93. The lowest BCUT2D eigenvalue weighted by Crippen LogP contribution is -2.52. The van der Waals surface area contributed by atoms with Crippen LogP contribution in [0.15, 0.2) is 24.3 Å². The molecule has 0 spiro atoms. The molecular formula is C19H23FN4O3. The molecule has 1 aromatic rings. The van der Waals surface area contributed by atoms with Crippen molar-refractivity contribution in [2.45, 2.75) is 30.8 Å². The zero-order chi connectivity index (χ0) is 19.1. The third-order valence-electron chi connectivity index (χ3n) is 5.93. The van der Waals surface area contributed by atoms with E-state index in [4.69, 9.17) is 0 Å². The molecule has 144 valence electrons. The fourth-order valence-corrected chi connectivity index (χ4v) is 4.70. The number of imide groups is 1. The van der Waals surface area contributed by atoms with Gasteiger partial charge in [0, 0.05) is 24.5 Å². The molecule has 3 fully saturated rings. The molecule has 0 unspecified atom stereocenters. The van der Waals surface area contributed by atoms with Crippen LogP contribution in [0.2, 0.25) is 0 Å². The van der Waals surface area contributed by atoms with Gasteiger partial charge in [0.15, 0.2) is 0 Å². The highest BCUT2D eigenvalue weighted by atomic mass is 19.1. The predicted octanol–water partition coefficient (Wildman–Crippen LogP) is 0.766. The number of carbonyl (C=O) groups excluding carboxylic acids is 3. The van der Waals surface area contributed by atoms with Crippen LogP contribution in [0.1, 0.15) is 24.3 Å². The number of benzene rings is 1. The molecule has 0 aliphatic carbocycles. The normalized spacial score (nSPS) is 28.4. The number of rotatable bonds is 3. The minimum atomic E-state index is -0.514. The smallest absolute Gasteiger partial charge is 0.325 e. The number of nitrogens with zero attached hydrogens (tertiary/aromatic N) is 3. The maximum atomic E-state index is 13.3. The molecule has 4 amide bonds. The van der Waals surface area contributed by atoms with Gasteiger partial charge in [0.25, 0.3) is 0 Å². The number of hydrogen-bond acceptors (Lipinski definition) is 4. The number of amides is 4. The van der Waals surface area contributed by atoms with Crippen molar-refractivity contribution in [3.63, 3.8) is 0 Å². The number of carbonyl (C=O) groups is 3. The lowest BCUT2D eigenvalue weighted by Gasteiger charge is -2.39. The first-order valence-electron chi connectivity index (χ1n) is 9.28. The molecule has 0 bridgehead atoms. The van der Waals surface area contributed by atoms with Crippen molar-refractivity contribution >= 4 is 17.8 Å². The van der Waals surface area contributed by atoms with E-state index in [2.05, 4.69) is 17.3 Å². The van der Waals surface area contributed by atoms with E-state index >= 15 is 0 Å². The van der Waals surface area contributed by atoms with Gasteiger partial charge >= 0.3 is 6.03 Å². The molecule has 0 radical (unpaired) electrons. The standard InChI is InChI=1S/C19H23FN4O3/c1-22-8-2-3-15-18(22)14(12-4-6-13(20)7-5-12)9-24(15)17(26)11-23-10-16(25)21-19(23)27/h4-7,14-15,18H,2-3,8-11H2,1H3,(H,21,25,27)/t14-,15-,18-/m1/s1. The summed E-state index contributed by atoms with van der Waals surface area (Å²) in [4.78, 5) is 41.5. The maximum absolute atomic E-state index is 13.3. The first kappa shape index (κ1) is 17.9. The van der Waals surface area contributed by atoms with Gasteiger partial charge in [0.2, 0.25) is 11.8 Å². The molecule has 1 aromatic carbocycles. The van der Waals surface area contributed by atoms with E-state index in [1.807, 2.05) is 4.90 Å². The van der Waals surface area contributed by atoms with Crippen LogP contribution >= 0.6 is 0 Å². The first-order valence-corrected chi connectivity index (χ1v) is 9.28. The van der Waals surface area contributed by atoms with E-state index in [1.54, 1.807) is 12.1 Å². The molecule has 3 saturated heterocycles. The van der Waals surface area contributed by atoms with Crippen LogP contribution in [-0.4, -0.2) is 77.9 Å². The summed E-state index contributed by atoms with van der Waals surface area (Å²) >= 11 is 0. The predicted molar refractivity (Wildman–Crippen MR) is 95.4 cm³/mol. The summed E-state index contributed by atoms with van der Waals surface area (Å²) in [6.07, 6.45) is 1.91. The summed E-state index contributed by atoms with van der Waals surface area (Å²) in [5, 5.41) is 2.20. The van der Waals surface area contributed by atoms with Crippen molar-refractivity contribution in [3.05, 3.63) is 35.6 Å². The van der Waals surface area contributed by atoms with Gasteiger partial charge in [-0.25, -0.2) is 9.18 Å². The highest BCUT2D eigenvalue weighted by molar-refractivity contribution is 6.03. The van der Waals surface area contributed by atoms with Crippen molar-refractivity contribution in [2.75, 3.05) is 33.2 Å². The molecule has 0 saturated carbocycles. The van der Waals surface area contributed by atoms with Gasteiger partial charge in [-0.15, -0.1) is 0 Å². The van der Waals surface area contributed by atoms with Gasteiger partial charge < -0.3 is 14.7 Å². The molecule has 1 N–H and O–H groups in total. The number of halogens is 1. The van der Waals surface area contributed by atoms with Crippen LogP contribution in [0.5, 0.6) is 0 Å². The number of urea groups is 1. The van der Waals surface area contributed by atoms with Crippen LogP contribution in [0.25, 0.3) is 0 Å². The molecular weight excluding hydrogens is 351 g/mol. The Morgan fingerprint density at radius 2 is 2.00 bits per heavy atom. The molecule has 8 heteroatoms. The summed E-state index contributed by atoms with van der Waals surface area (Å²) in [5.74, 6) is -0.703. The Balaban J connectivity index is 1.56. The Labute approximate surface area is 157 Å². The largest absolute Gasteiger partial charge is 0.336 e. The number of nitrogens with one attached hydrogen (secondary N) is 1. The van der Waals surface area contributed by atoms with Crippen molar-refractivity contribution in [1.82, 2.24) is 20.0 Å². The summed E-state index contributed by atoms with van der Waals surface area (Å²) in [5.41, 5.74) is 1.02. The summed E-state index contributed by atoms with van der Waals surface area (Å²) in [7, 11) is 2.06. The molecule has 0 aromatic heterocycles. The Morgan fingerprint density at radius 3 is 2.67 bits per heavy atom. The molecule has 27 heavy (non-hydrogen) atoms. The monoisotopic (exact) mass is 374 g/mol. The van der Waals surface area contributed by atoms with Crippen molar-refractivity contribution in [2.24, 2.45) is 0 Å². The van der Waals surface area contributed by atoms with Crippen LogP contribution < -0.4 is 5.32 Å². The van der Waals surface area contributed by atoms with Gasteiger partial charge in [-0.05, 0) is 44.1 Å². The Bertz CT molecular complexity index is 769. The fourth-order valence-electron chi connectivity index (χ4n) is 4.70. The van der Waals surface area contributed by atoms with Gasteiger partial charge in [-0.3, -0.25) is 14.9 Å². The Hall–Kier alpha value is -2.48. The summed E-state index contributed by atoms with van der Waals surface area (Å²) in [6, 6.07) is 6.21. The minimum Gasteiger partial charge on any atom is -0.336 e. The maximum Gasteiger partial charge on any atom is 0.325 e. The van der Waals surface area contributed by atoms with E-state index in [-0.39, 0.29) is 48.7 Å². The van der Waals surface area contributed by atoms with Gasteiger partial charge in [0.1, 0.15) is 18.9 Å². The second kappa shape index (κ2) is 6.92. The topological polar surface area (TPSA) is 73.0 Å². The zero-order valence-electron chi connectivity index (χ0n) is 15.2. The second-order valence-electron chi connectivity index (χ2n) is 7.59. The van der Waals surface area contributed by atoms with E-state index in [0.29, 0.717) is 6.54 Å². The molecule has 3 atom stereocenters. The lowest BCUT2D eigenvalue weighted by atomic mass is 9.86. The van der Waals surface area contributed by atoms with Gasteiger partial charge in [-0.1, -0.05) is 12.1 Å². The highest BCUT2D eigenvalue weighted by Gasteiger charge is 2.48. The van der Waals surface area contributed by atoms with Gasteiger partial charge in [-0.2, -0.15) is 0 Å². The zero-order valence-corrected chi connectivity index (χ0v) is 15.2. The van der Waals surface area contributed by atoms with Crippen LogP contribution in [0, 0.1) is 5.82 Å². The molecule has 4 rings (SSSR count). The van der Waals surface area contributed by atoms with Crippen LogP contribution in [0.3, 0.4) is 0 Å². The van der Waals surface area contributed by atoms with E-state index in [9.17, 15) is 18.8 Å². The van der Waals surface area contributed by atoms with Crippen molar-refractivity contribution in [1.29, 1.82) is 0 Å². The first-order chi connectivity index (χ1) is 12.9. The van der Waals surface area contributed by atoms with E-state index < -0.39 is 6.03 Å². The quantitative estimate of drug-likeness (QED) is 0.793. The van der Waals surface area contributed by atoms with E-state index in [1.165, 1.54) is 17.0 Å². The number of piperidine rings is 1. The average molecular weight is 374 g/mol. The van der Waals surface area contributed by atoms with Crippen molar-refractivity contribution in [3.8, 4) is 0 Å². The van der Waals surface area contributed by atoms with Crippen LogP contribution in [0.4, 0.5) is 9.18 Å². The van der Waals surface area contributed by atoms with E-state index in [0.717, 1.165) is 24.9 Å². The number of hydrogen-bond donors (Lipinski definition) is 1. The number of likely N-dealkylation sites (N-methyl/N-ethyl adjacent to an activating group) is 1. The average Bonchev–Trinajstić information content (AvgIpc) is 3.17. The number of fused-ring (bicyclic) bond motifs is 1. The van der Waals surface area contributed by atoms with Crippen LogP contribution in [-0.2, 0) is 9.59 Å². The molecule has 3 heterocycles. The second-order valence-corrected chi connectivity index (χ2v) is 7.59. The molecule has 7 nitrogen and oxygen atoms in total. The molecule has 3 aliphatic rings. The third kappa shape index (κ3) is 3.29. The highest BCUT2D eigenvalue weighted by Crippen LogP contribution is 2.39.